The number of pyridine rings is 1. The predicted molar refractivity (Wildman–Crippen MR) is 102 cm³/mol. The van der Waals surface area contributed by atoms with E-state index in [0.29, 0.717) is 29.5 Å². The molecular formula is C19H17ClN2O3S. The summed E-state index contributed by atoms with van der Waals surface area (Å²) < 4.78 is 33.0. The number of anilines is 1. The van der Waals surface area contributed by atoms with E-state index in [0.717, 1.165) is 5.56 Å². The van der Waals surface area contributed by atoms with E-state index >= 15 is 0 Å². The lowest BCUT2D eigenvalue weighted by Gasteiger charge is -2.11. The molecule has 0 aliphatic carbocycles. The zero-order chi connectivity index (χ0) is 18.4. The fourth-order valence-electron chi connectivity index (χ4n) is 2.35. The van der Waals surface area contributed by atoms with Crippen LogP contribution in [0, 0.1) is 0 Å². The van der Waals surface area contributed by atoms with Crippen molar-refractivity contribution in [1.82, 2.24) is 4.98 Å². The number of halogens is 1. The summed E-state index contributed by atoms with van der Waals surface area (Å²) in [5.41, 5.74) is 1.25. The standard InChI is InChI=1S/C19H17ClN2O3S/c20-19-9-8-16(22-26(23,24)18-6-2-1-3-7-18)13-15(19)10-12-25-17-5-4-11-21-14-17/h1-9,11,13-14,22H,10,12H2. The van der Waals surface area contributed by atoms with Gasteiger partial charge in [0.2, 0.25) is 0 Å². The summed E-state index contributed by atoms with van der Waals surface area (Å²) in [4.78, 5) is 4.19. The van der Waals surface area contributed by atoms with Crippen molar-refractivity contribution in [2.24, 2.45) is 0 Å². The first kappa shape index (κ1) is 18.2. The Balaban J connectivity index is 1.69. The van der Waals surface area contributed by atoms with Gasteiger partial charge in [0.25, 0.3) is 10.0 Å². The fourth-order valence-corrected chi connectivity index (χ4v) is 3.64. The van der Waals surface area contributed by atoms with Gasteiger partial charge in [0.05, 0.1) is 17.7 Å². The molecule has 5 nitrogen and oxygen atoms in total. The van der Waals surface area contributed by atoms with Crippen LogP contribution in [0.15, 0.2) is 78.0 Å². The van der Waals surface area contributed by atoms with Gasteiger partial charge >= 0.3 is 0 Å². The average molecular weight is 389 g/mol. The van der Waals surface area contributed by atoms with Crippen molar-refractivity contribution in [2.45, 2.75) is 11.3 Å². The number of rotatable bonds is 7. The fraction of sp³-hybridized carbons (Fsp3) is 0.105. The minimum absolute atomic E-state index is 0.205. The second kappa shape index (κ2) is 8.21. The molecule has 134 valence electrons. The van der Waals surface area contributed by atoms with E-state index in [9.17, 15) is 8.42 Å². The maximum absolute atomic E-state index is 12.4. The third kappa shape index (κ3) is 4.74. The van der Waals surface area contributed by atoms with Crippen LogP contribution >= 0.6 is 11.6 Å². The molecule has 0 spiro atoms. The van der Waals surface area contributed by atoms with Gasteiger partial charge in [-0.15, -0.1) is 0 Å². The zero-order valence-electron chi connectivity index (χ0n) is 13.8. The molecule has 0 aliphatic rings. The van der Waals surface area contributed by atoms with Crippen molar-refractivity contribution in [3.8, 4) is 5.75 Å². The number of nitrogens with zero attached hydrogens (tertiary/aromatic N) is 1. The van der Waals surface area contributed by atoms with Crippen LogP contribution < -0.4 is 9.46 Å². The summed E-state index contributed by atoms with van der Waals surface area (Å²) in [6, 6.07) is 16.8. The van der Waals surface area contributed by atoms with E-state index in [-0.39, 0.29) is 4.90 Å². The molecule has 0 radical (unpaired) electrons. The van der Waals surface area contributed by atoms with Crippen LogP contribution in [-0.2, 0) is 16.4 Å². The van der Waals surface area contributed by atoms with E-state index in [4.69, 9.17) is 16.3 Å². The smallest absolute Gasteiger partial charge is 0.261 e. The third-order valence-corrected chi connectivity index (χ3v) is 5.39. The lowest BCUT2D eigenvalue weighted by Crippen LogP contribution is -2.13. The van der Waals surface area contributed by atoms with Gasteiger partial charge in [0.1, 0.15) is 5.75 Å². The van der Waals surface area contributed by atoms with E-state index in [1.165, 1.54) is 0 Å². The van der Waals surface area contributed by atoms with Crippen LogP contribution in [0.4, 0.5) is 5.69 Å². The number of sulfonamides is 1. The Hall–Kier alpha value is -2.57. The van der Waals surface area contributed by atoms with E-state index in [2.05, 4.69) is 9.71 Å². The van der Waals surface area contributed by atoms with Crippen LogP contribution in [0.3, 0.4) is 0 Å². The molecule has 3 rings (SSSR count). The van der Waals surface area contributed by atoms with E-state index < -0.39 is 10.0 Å². The van der Waals surface area contributed by atoms with Gasteiger partial charge in [-0.1, -0.05) is 29.8 Å². The molecule has 1 N–H and O–H groups in total. The highest BCUT2D eigenvalue weighted by molar-refractivity contribution is 7.92. The summed E-state index contributed by atoms with van der Waals surface area (Å²) in [6.07, 6.45) is 3.84. The molecule has 0 fully saturated rings. The van der Waals surface area contributed by atoms with Gasteiger partial charge in [0, 0.05) is 23.3 Å². The second-order valence-corrected chi connectivity index (χ2v) is 7.60. The minimum atomic E-state index is -3.64. The van der Waals surface area contributed by atoms with Crippen LogP contribution in [0.1, 0.15) is 5.56 Å². The second-order valence-electron chi connectivity index (χ2n) is 5.51. The highest BCUT2D eigenvalue weighted by atomic mass is 35.5. The Labute approximate surface area is 157 Å². The molecule has 0 bridgehead atoms. The summed E-state index contributed by atoms with van der Waals surface area (Å²) in [5.74, 6) is 0.671. The highest BCUT2D eigenvalue weighted by Gasteiger charge is 2.14. The molecule has 0 amide bonds. The van der Waals surface area contributed by atoms with Gasteiger partial charge in [-0.05, 0) is 48.0 Å². The molecule has 0 atom stereocenters. The Morgan fingerprint density at radius 3 is 2.58 bits per heavy atom. The highest BCUT2D eigenvalue weighted by Crippen LogP contribution is 2.23. The number of ether oxygens (including phenoxy) is 1. The maximum Gasteiger partial charge on any atom is 0.261 e. The topological polar surface area (TPSA) is 68.3 Å². The molecule has 1 heterocycles. The van der Waals surface area contributed by atoms with E-state index in [1.54, 1.807) is 67.0 Å². The van der Waals surface area contributed by atoms with Gasteiger partial charge in [-0.25, -0.2) is 8.42 Å². The summed E-state index contributed by atoms with van der Waals surface area (Å²) in [6.45, 7) is 0.403. The van der Waals surface area contributed by atoms with Gasteiger partial charge in [0.15, 0.2) is 0 Å². The molecule has 0 unspecified atom stereocenters. The summed E-state index contributed by atoms with van der Waals surface area (Å²) >= 11 is 6.22. The maximum atomic E-state index is 12.4. The van der Waals surface area contributed by atoms with Crippen molar-refractivity contribution < 1.29 is 13.2 Å². The lowest BCUT2D eigenvalue weighted by atomic mass is 10.1. The van der Waals surface area contributed by atoms with E-state index in [1.807, 2.05) is 6.07 Å². The quantitative estimate of drug-likeness (QED) is 0.660. The molecule has 0 aliphatic heterocycles. The number of nitrogens with one attached hydrogen (secondary N) is 1. The molecule has 2 aromatic carbocycles. The number of hydrogen-bond acceptors (Lipinski definition) is 4. The average Bonchev–Trinajstić information content (AvgIpc) is 2.66. The van der Waals surface area contributed by atoms with Crippen LogP contribution in [0.2, 0.25) is 5.02 Å². The molecule has 1 aromatic heterocycles. The predicted octanol–water partition coefficient (Wildman–Crippen LogP) is 4.16. The third-order valence-electron chi connectivity index (χ3n) is 3.63. The summed E-state index contributed by atoms with van der Waals surface area (Å²) in [5, 5.41) is 0.558. The van der Waals surface area contributed by atoms with Gasteiger partial charge < -0.3 is 4.74 Å². The number of hydrogen-bond donors (Lipinski definition) is 1. The van der Waals surface area contributed by atoms with Crippen molar-refractivity contribution >= 4 is 27.3 Å². The first-order valence-electron chi connectivity index (χ1n) is 7.94. The molecule has 7 heteroatoms. The Bertz CT molecular complexity index is 965. The van der Waals surface area contributed by atoms with Crippen molar-refractivity contribution in [2.75, 3.05) is 11.3 Å². The van der Waals surface area contributed by atoms with Gasteiger partial charge in [-0.3, -0.25) is 9.71 Å². The van der Waals surface area contributed by atoms with Gasteiger partial charge in [-0.2, -0.15) is 0 Å². The minimum Gasteiger partial charge on any atom is -0.492 e. The molecule has 0 saturated heterocycles. The Morgan fingerprint density at radius 2 is 1.85 bits per heavy atom. The molecule has 3 aromatic rings. The first-order valence-corrected chi connectivity index (χ1v) is 9.80. The van der Waals surface area contributed by atoms with Crippen LogP contribution in [-0.4, -0.2) is 20.0 Å². The number of benzene rings is 2. The SMILES string of the molecule is O=S(=O)(Nc1ccc(Cl)c(CCOc2cccnc2)c1)c1ccccc1. The molecule has 26 heavy (non-hydrogen) atoms. The van der Waals surface area contributed by atoms with Crippen molar-refractivity contribution in [1.29, 1.82) is 0 Å². The van der Waals surface area contributed by atoms with Crippen molar-refractivity contribution in [3.05, 3.63) is 83.6 Å². The summed E-state index contributed by atoms with van der Waals surface area (Å²) in [7, 11) is -3.64. The molecule has 0 saturated carbocycles. The largest absolute Gasteiger partial charge is 0.492 e. The van der Waals surface area contributed by atoms with Crippen LogP contribution in [0.5, 0.6) is 5.75 Å². The Kier molecular flexibility index (Phi) is 5.75. The number of aromatic nitrogens is 1. The first-order chi connectivity index (χ1) is 12.5. The normalized spacial score (nSPS) is 11.1. The molecular weight excluding hydrogens is 372 g/mol. The zero-order valence-corrected chi connectivity index (χ0v) is 15.4. The van der Waals surface area contributed by atoms with Crippen LogP contribution in [0.25, 0.3) is 0 Å². The lowest BCUT2D eigenvalue weighted by molar-refractivity contribution is 0.320. The Morgan fingerprint density at radius 1 is 1.04 bits per heavy atom. The monoisotopic (exact) mass is 388 g/mol. The van der Waals surface area contributed by atoms with Crippen molar-refractivity contribution in [3.63, 3.8) is 0 Å².